The van der Waals surface area contributed by atoms with Crippen molar-refractivity contribution in [1.29, 1.82) is 0 Å². The fourth-order valence-electron chi connectivity index (χ4n) is 3.29. The maximum absolute atomic E-state index is 11.1. The number of halogens is 2. The van der Waals surface area contributed by atoms with E-state index < -0.39 is 30.0 Å². The standard InChI is InChI=1S/2C10H14I.C10H9NO6S2/c2*1-10(2,3)11-9-7-5-4-6-8-9;11-7-1-2-9-6(3-7)4-8(18(12,13)14)5-10(9)19(15,16)17/h2*4-8H,1-3H3;1-5H,11H2,(H,12,13,14)(H,15,16,17)/q2*+1;/p-2. The van der Waals surface area contributed by atoms with Crippen molar-refractivity contribution in [3.8, 4) is 0 Å². The topological polar surface area (TPSA) is 140 Å². The van der Waals surface area contributed by atoms with Gasteiger partial charge in [0, 0.05) is 5.69 Å². The Hall–Kier alpha value is -1.78. The van der Waals surface area contributed by atoms with Gasteiger partial charge >= 0.3 is 42.4 Å². The molecule has 0 aliphatic rings. The molecule has 0 atom stereocenters. The average molecular weight is 824 g/mol. The molecule has 0 fully saturated rings. The third-order valence-corrected chi connectivity index (χ3v) is 12.3. The van der Waals surface area contributed by atoms with E-state index in [9.17, 15) is 25.9 Å². The van der Waals surface area contributed by atoms with Crippen LogP contribution in [0.1, 0.15) is 41.5 Å². The van der Waals surface area contributed by atoms with Crippen molar-refractivity contribution in [1.82, 2.24) is 0 Å². The molecule has 4 aromatic rings. The first-order chi connectivity index (χ1) is 18.7. The molecule has 0 radical (unpaired) electrons. The summed E-state index contributed by atoms with van der Waals surface area (Å²) in [6.45, 7) is 13.9. The number of rotatable bonds is 4. The van der Waals surface area contributed by atoms with Gasteiger partial charge in [-0.3, -0.25) is 0 Å². The van der Waals surface area contributed by atoms with Crippen LogP contribution in [0.2, 0.25) is 0 Å². The van der Waals surface area contributed by atoms with Gasteiger partial charge in [-0.2, -0.15) is 0 Å². The summed E-state index contributed by atoms with van der Waals surface area (Å²) in [6.07, 6.45) is 0. The summed E-state index contributed by atoms with van der Waals surface area (Å²) in [6, 6.07) is 27.0. The molecule has 41 heavy (non-hydrogen) atoms. The average Bonchev–Trinajstić information content (AvgIpc) is 2.82. The fraction of sp³-hybridized carbons (Fsp3) is 0.267. The third kappa shape index (κ3) is 13.4. The molecule has 7 nitrogen and oxygen atoms in total. The number of alkyl halides is 2. The van der Waals surface area contributed by atoms with Gasteiger partial charge in [0.1, 0.15) is 20.2 Å². The first-order valence-corrected chi connectivity index (χ1v) is 19.5. The maximum atomic E-state index is 11.1. The predicted molar refractivity (Wildman–Crippen MR) is 154 cm³/mol. The summed E-state index contributed by atoms with van der Waals surface area (Å²) in [5.41, 5.74) is 5.73. The van der Waals surface area contributed by atoms with Crippen LogP contribution in [-0.2, 0) is 20.2 Å². The Morgan fingerprint density at radius 3 is 1.41 bits per heavy atom. The van der Waals surface area contributed by atoms with Crippen molar-refractivity contribution >= 4 is 36.7 Å². The van der Waals surface area contributed by atoms with Crippen LogP contribution >= 0.6 is 0 Å². The number of nitrogen functional groups attached to an aromatic ring is 1. The second kappa shape index (κ2) is 14.6. The smallest absolute Gasteiger partial charge is 0.319 e. The molecule has 0 bridgehead atoms. The van der Waals surface area contributed by atoms with E-state index in [4.69, 9.17) is 5.73 Å². The number of anilines is 1. The Balaban J connectivity index is 0.000000230. The molecule has 0 saturated heterocycles. The maximum Gasteiger partial charge on any atom is 0.319 e. The second-order valence-corrected chi connectivity index (χ2v) is 23.5. The highest BCUT2D eigenvalue weighted by Gasteiger charge is 2.29. The molecular formula is C30H35I2NO6S2. The van der Waals surface area contributed by atoms with Crippen LogP contribution in [0.5, 0.6) is 0 Å². The van der Waals surface area contributed by atoms with Crippen LogP contribution in [0.4, 0.5) is 5.69 Å². The van der Waals surface area contributed by atoms with Gasteiger partial charge in [-0.25, -0.2) is 16.8 Å². The van der Waals surface area contributed by atoms with Crippen molar-refractivity contribution in [2.75, 3.05) is 5.73 Å². The largest absolute Gasteiger partial charge is 0.744 e. The van der Waals surface area contributed by atoms with Crippen molar-refractivity contribution in [3.63, 3.8) is 0 Å². The van der Waals surface area contributed by atoms with E-state index in [2.05, 4.69) is 102 Å². The zero-order valence-electron chi connectivity index (χ0n) is 23.8. The van der Waals surface area contributed by atoms with E-state index in [1.165, 1.54) is 18.2 Å². The van der Waals surface area contributed by atoms with Crippen LogP contribution in [0, 0.1) is 7.14 Å². The summed E-state index contributed by atoms with van der Waals surface area (Å²) in [5, 5.41) is 0.1000. The minimum atomic E-state index is -4.92. The number of benzene rings is 4. The summed E-state index contributed by atoms with van der Waals surface area (Å²) in [4.78, 5) is -1.56. The lowest BCUT2D eigenvalue weighted by Crippen LogP contribution is -3.67. The van der Waals surface area contributed by atoms with Crippen molar-refractivity contribution in [2.45, 2.75) is 58.2 Å². The number of nitrogens with two attached hydrogens (primary N) is 1. The summed E-state index contributed by atoms with van der Waals surface area (Å²) >= 11 is 0.367. The normalized spacial score (nSPS) is 12.1. The van der Waals surface area contributed by atoms with Crippen molar-refractivity contribution in [2.24, 2.45) is 0 Å². The highest BCUT2D eigenvalue weighted by atomic mass is 127. The first-order valence-electron chi connectivity index (χ1n) is 12.4. The van der Waals surface area contributed by atoms with Gasteiger partial charge in [0.25, 0.3) is 0 Å². The molecule has 2 N–H and O–H groups in total. The molecule has 0 spiro atoms. The molecule has 11 heteroatoms. The van der Waals surface area contributed by atoms with Gasteiger partial charge in [0.2, 0.25) is 0 Å². The van der Waals surface area contributed by atoms with E-state index in [-0.39, 0.29) is 58.9 Å². The molecule has 0 aliphatic heterocycles. The molecule has 0 heterocycles. The van der Waals surface area contributed by atoms with Crippen LogP contribution in [-0.4, -0.2) is 32.8 Å². The summed E-state index contributed by atoms with van der Waals surface area (Å²) in [5.74, 6) is 0. The van der Waals surface area contributed by atoms with Gasteiger partial charge in [-0.1, -0.05) is 42.5 Å². The zero-order chi connectivity index (χ0) is 31.1. The van der Waals surface area contributed by atoms with Crippen molar-refractivity contribution in [3.05, 3.63) is 98.1 Å². The Bertz CT molecular complexity index is 1600. The molecular weight excluding hydrogens is 788 g/mol. The van der Waals surface area contributed by atoms with Crippen LogP contribution < -0.4 is 48.1 Å². The quantitative estimate of drug-likeness (QED) is 0.129. The van der Waals surface area contributed by atoms with Gasteiger partial charge in [0.15, 0.2) is 14.0 Å². The molecule has 222 valence electrons. The van der Waals surface area contributed by atoms with Crippen LogP contribution in [0.25, 0.3) is 10.8 Å². The highest BCUT2D eigenvalue weighted by Crippen LogP contribution is 2.28. The minimum absolute atomic E-state index is 0.0107. The molecule has 0 unspecified atom stereocenters. The van der Waals surface area contributed by atoms with Gasteiger partial charge in [-0.05, 0) is 101 Å². The lowest BCUT2D eigenvalue weighted by molar-refractivity contribution is -0.692. The van der Waals surface area contributed by atoms with Gasteiger partial charge in [-0.15, -0.1) is 0 Å². The Kier molecular flexibility index (Phi) is 12.6. The first kappa shape index (κ1) is 35.4. The number of hydrogen-bond donors (Lipinski definition) is 1. The number of hydrogen-bond acceptors (Lipinski definition) is 7. The summed E-state index contributed by atoms with van der Waals surface area (Å²) < 4.78 is 70.4. The number of fused-ring (bicyclic) bond motifs is 1. The Labute approximate surface area is 265 Å². The van der Waals surface area contributed by atoms with E-state index in [0.29, 0.717) is 12.9 Å². The lowest BCUT2D eigenvalue weighted by atomic mass is 10.1. The van der Waals surface area contributed by atoms with Gasteiger partial charge in [0.05, 0.1) is 9.79 Å². The lowest BCUT2D eigenvalue weighted by Gasteiger charge is -2.15. The van der Waals surface area contributed by atoms with Crippen molar-refractivity contribution < 1.29 is 68.4 Å². The summed E-state index contributed by atoms with van der Waals surface area (Å²) in [7, 11) is -9.80. The zero-order valence-corrected chi connectivity index (χ0v) is 29.7. The molecule has 0 amide bonds. The molecule has 0 aromatic heterocycles. The predicted octanol–water partition coefficient (Wildman–Crippen LogP) is -0.282. The van der Waals surface area contributed by atoms with E-state index >= 15 is 0 Å². The Morgan fingerprint density at radius 2 is 1.05 bits per heavy atom. The van der Waals surface area contributed by atoms with E-state index in [1.54, 1.807) is 7.14 Å². The molecule has 0 saturated carbocycles. The minimum Gasteiger partial charge on any atom is -0.744 e. The van der Waals surface area contributed by atoms with E-state index in [0.717, 1.165) is 6.07 Å². The molecule has 0 aliphatic carbocycles. The third-order valence-electron chi connectivity index (χ3n) is 4.72. The van der Waals surface area contributed by atoms with E-state index in [1.807, 2.05) is 0 Å². The fourth-order valence-corrected chi connectivity index (χ4v) is 9.91. The monoisotopic (exact) mass is 823 g/mol. The second-order valence-electron chi connectivity index (χ2n) is 10.7. The molecule has 4 rings (SSSR count). The van der Waals surface area contributed by atoms with Gasteiger partial charge < -0.3 is 14.8 Å². The highest BCUT2D eigenvalue weighted by molar-refractivity contribution is 7.86. The van der Waals surface area contributed by atoms with Crippen LogP contribution in [0.3, 0.4) is 0 Å². The SMILES string of the molecule is CC(C)(C)[I+]c1ccccc1.CC(C)(C)[I+]c1ccccc1.Nc1ccc2c(S(=O)(=O)[O-])cc(S(=O)(=O)[O-])cc2c1. The van der Waals surface area contributed by atoms with Crippen LogP contribution in [0.15, 0.2) is 101 Å². The molecule has 4 aromatic carbocycles. The Morgan fingerprint density at radius 1 is 0.610 bits per heavy atom.